The second-order valence-electron chi connectivity index (χ2n) is 6.83. The van der Waals surface area contributed by atoms with Gasteiger partial charge >= 0.3 is 0 Å². The number of ether oxygens (including phenoxy) is 1. The third kappa shape index (κ3) is 5.46. The highest BCUT2D eigenvalue weighted by Crippen LogP contribution is 2.30. The van der Waals surface area contributed by atoms with Crippen LogP contribution in [0.5, 0.6) is 5.75 Å². The predicted octanol–water partition coefficient (Wildman–Crippen LogP) is 3.41. The molecule has 1 aromatic heterocycles. The van der Waals surface area contributed by atoms with Crippen molar-refractivity contribution in [2.45, 2.75) is 4.90 Å². The van der Waals surface area contributed by atoms with Gasteiger partial charge in [-0.1, -0.05) is 24.3 Å². The number of hydrogen-bond donors (Lipinski definition) is 2. The van der Waals surface area contributed by atoms with Crippen LogP contribution in [0.1, 0.15) is 11.1 Å². The standard InChI is InChI=1S/C24H23N3O5S/c1-3-14-27(33(30,31)22-11-9-21(32-2)10-12-22)20-8-4-6-18(15-20)23(16-24(28)26-29)19-7-5-13-25-17-19/h3-13,15-17,29H,1,14H2,2H3,(H,26,28)/b23-16+. The van der Waals surface area contributed by atoms with E-state index in [1.54, 1.807) is 66.4 Å². The largest absolute Gasteiger partial charge is 0.497 e. The number of nitrogens with one attached hydrogen (secondary N) is 1. The fourth-order valence-corrected chi connectivity index (χ4v) is 4.61. The summed E-state index contributed by atoms with van der Waals surface area (Å²) in [5.74, 6) is -0.187. The number of carbonyl (C=O) groups is 1. The van der Waals surface area contributed by atoms with Crippen LogP contribution in [-0.2, 0) is 14.8 Å². The second-order valence-corrected chi connectivity index (χ2v) is 8.69. The third-order valence-electron chi connectivity index (χ3n) is 4.75. The van der Waals surface area contributed by atoms with E-state index >= 15 is 0 Å². The lowest BCUT2D eigenvalue weighted by Crippen LogP contribution is -2.31. The Morgan fingerprint density at radius 3 is 2.48 bits per heavy atom. The summed E-state index contributed by atoms with van der Waals surface area (Å²) in [5, 5.41) is 8.99. The zero-order valence-corrected chi connectivity index (χ0v) is 18.7. The van der Waals surface area contributed by atoms with Crippen molar-refractivity contribution in [2.75, 3.05) is 18.0 Å². The Labute approximate surface area is 192 Å². The van der Waals surface area contributed by atoms with Gasteiger partial charge in [0.25, 0.3) is 15.9 Å². The summed E-state index contributed by atoms with van der Waals surface area (Å²) in [4.78, 5) is 16.1. The van der Waals surface area contributed by atoms with Gasteiger partial charge in [-0.15, -0.1) is 6.58 Å². The maximum absolute atomic E-state index is 13.4. The second kappa shape index (κ2) is 10.6. The van der Waals surface area contributed by atoms with Crippen LogP contribution in [-0.4, -0.2) is 38.2 Å². The van der Waals surface area contributed by atoms with Crippen LogP contribution < -0.4 is 14.5 Å². The molecule has 8 nitrogen and oxygen atoms in total. The first kappa shape index (κ1) is 23.7. The molecule has 170 valence electrons. The predicted molar refractivity (Wildman–Crippen MR) is 125 cm³/mol. The van der Waals surface area contributed by atoms with Gasteiger partial charge in [0.1, 0.15) is 5.75 Å². The van der Waals surface area contributed by atoms with E-state index in [0.717, 1.165) is 0 Å². The Hall–Kier alpha value is -3.95. The first-order valence-corrected chi connectivity index (χ1v) is 11.3. The number of rotatable bonds is 9. The SMILES string of the molecule is C=CCN(c1cccc(/C(=C\C(=O)NO)c2cccnc2)c1)S(=O)(=O)c1ccc(OC)cc1. The summed E-state index contributed by atoms with van der Waals surface area (Å²) in [6.07, 6.45) is 5.87. The lowest BCUT2D eigenvalue weighted by Gasteiger charge is -2.24. The van der Waals surface area contributed by atoms with Gasteiger partial charge in [-0.25, -0.2) is 13.9 Å². The molecule has 2 N–H and O–H groups in total. The molecule has 0 bridgehead atoms. The number of aromatic nitrogens is 1. The smallest absolute Gasteiger partial charge is 0.267 e. The van der Waals surface area contributed by atoms with E-state index in [0.29, 0.717) is 28.1 Å². The van der Waals surface area contributed by atoms with Crippen molar-refractivity contribution >= 4 is 27.2 Å². The fraction of sp³-hybridized carbons (Fsp3) is 0.0833. The molecule has 0 radical (unpaired) electrons. The highest BCUT2D eigenvalue weighted by atomic mass is 32.2. The van der Waals surface area contributed by atoms with Crippen LogP contribution in [0.4, 0.5) is 5.69 Å². The zero-order valence-electron chi connectivity index (χ0n) is 17.9. The topological polar surface area (TPSA) is 109 Å². The van der Waals surface area contributed by atoms with Gasteiger partial charge in [-0.3, -0.25) is 19.3 Å². The Morgan fingerprint density at radius 2 is 1.88 bits per heavy atom. The van der Waals surface area contributed by atoms with Crippen LogP contribution in [0.3, 0.4) is 0 Å². The number of anilines is 1. The lowest BCUT2D eigenvalue weighted by atomic mass is 9.98. The molecular formula is C24H23N3O5S. The molecule has 2 aromatic carbocycles. The van der Waals surface area contributed by atoms with E-state index in [9.17, 15) is 13.2 Å². The maximum atomic E-state index is 13.4. The molecular weight excluding hydrogens is 442 g/mol. The quantitative estimate of drug-likeness (QED) is 0.217. The molecule has 0 spiro atoms. The van der Waals surface area contributed by atoms with E-state index in [4.69, 9.17) is 9.94 Å². The number of hydrogen-bond acceptors (Lipinski definition) is 6. The maximum Gasteiger partial charge on any atom is 0.267 e. The van der Waals surface area contributed by atoms with E-state index in [1.165, 1.54) is 35.7 Å². The average molecular weight is 466 g/mol. The number of methoxy groups -OCH3 is 1. The summed E-state index contributed by atoms with van der Waals surface area (Å²) in [7, 11) is -2.42. The molecule has 0 aliphatic rings. The molecule has 1 heterocycles. The Kier molecular flexibility index (Phi) is 7.60. The Balaban J connectivity index is 2.10. The first-order chi connectivity index (χ1) is 15.9. The van der Waals surface area contributed by atoms with Gasteiger partial charge in [-0.2, -0.15) is 0 Å². The Bertz CT molecular complexity index is 1260. The molecule has 0 unspecified atom stereocenters. The average Bonchev–Trinajstić information content (AvgIpc) is 2.86. The highest BCUT2D eigenvalue weighted by molar-refractivity contribution is 7.92. The molecule has 1 amide bonds. The number of amides is 1. The van der Waals surface area contributed by atoms with Crippen molar-refractivity contribution in [3.63, 3.8) is 0 Å². The van der Waals surface area contributed by atoms with Gasteiger partial charge < -0.3 is 4.74 Å². The van der Waals surface area contributed by atoms with Crippen molar-refractivity contribution in [3.8, 4) is 5.75 Å². The van der Waals surface area contributed by atoms with Gasteiger partial charge in [0.2, 0.25) is 0 Å². The molecule has 0 fully saturated rings. The molecule has 0 saturated heterocycles. The van der Waals surface area contributed by atoms with Crippen LogP contribution in [0.15, 0.2) is 96.7 Å². The molecule has 0 atom stereocenters. The van der Waals surface area contributed by atoms with Gasteiger partial charge in [0.05, 0.1) is 24.2 Å². The molecule has 0 saturated carbocycles. The fourth-order valence-electron chi connectivity index (χ4n) is 3.18. The lowest BCUT2D eigenvalue weighted by molar-refractivity contribution is -0.124. The number of nitrogens with zero attached hydrogens (tertiary/aromatic N) is 2. The number of pyridine rings is 1. The van der Waals surface area contributed by atoms with E-state index in [1.807, 2.05) is 0 Å². The van der Waals surface area contributed by atoms with Crippen molar-refractivity contribution in [1.29, 1.82) is 0 Å². The van der Waals surface area contributed by atoms with E-state index in [-0.39, 0.29) is 11.4 Å². The zero-order chi connectivity index (χ0) is 23.8. The number of hydroxylamine groups is 1. The van der Waals surface area contributed by atoms with Crippen LogP contribution in [0, 0.1) is 0 Å². The van der Waals surface area contributed by atoms with Crippen LogP contribution >= 0.6 is 0 Å². The minimum Gasteiger partial charge on any atom is -0.497 e. The van der Waals surface area contributed by atoms with Crippen LogP contribution in [0.25, 0.3) is 5.57 Å². The summed E-state index contributed by atoms with van der Waals surface area (Å²) in [6, 6.07) is 16.3. The summed E-state index contributed by atoms with van der Waals surface area (Å²) in [5.41, 5.74) is 3.59. The monoisotopic (exact) mass is 465 g/mol. The molecule has 0 aliphatic heterocycles. The van der Waals surface area contributed by atoms with Gasteiger partial charge in [0, 0.05) is 24.0 Å². The van der Waals surface area contributed by atoms with Gasteiger partial charge in [-0.05, 0) is 53.6 Å². The summed E-state index contributed by atoms with van der Waals surface area (Å²) in [6.45, 7) is 3.72. The van der Waals surface area contributed by atoms with Crippen molar-refractivity contribution in [2.24, 2.45) is 0 Å². The summed E-state index contributed by atoms with van der Waals surface area (Å²) < 4.78 is 33.2. The molecule has 0 aliphatic carbocycles. The van der Waals surface area contributed by atoms with Crippen molar-refractivity contribution in [1.82, 2.24) is 10.5 Å². The molecule has 9 heteroatoms. The number of benzene rings is 2. The molecule has 3 aromatic rings. The third-order valence-corrected chi connectivity index (χ3v) is 6.55. The minimum absolute atomic E-state index is 0.0287. The van der Waals surface area contributed by atoms with Crippen molar-refractivity contribution in [3.05, 3.63) is 103 Å². The highest BCUT2D eigenvalue weighted by Gasteiger charge is 2.24. The number of carbonyl (C=O) groups excluding carboxylic acids is 1. The summed E-state index contributed by atoms with van der Waals surface area (Å²) >= 11 is 0. The minimum atomic E-state index is -3.92. The first-order valence-electron chi connectivity index (χ1n) is 9.85. The molecule has 33 heavy (non-hydrogen) atoms. The van der Waals surface area contributed by atoms with E-state index in [2.05, 4.69) is 11.6 Å². The Morgan fingerprint density at radius 1 is 1.15 bits per heavy atom. The number of sulfonamides is 1. The molecule has 3 rings (SSSR count). The normalized spacial score (nSPS) is 11.5. The van der Waals surface area contributed by atoms with E-state index < -0.39 is 15.9 Å². The van der Waals surface area contributed by atoms with Crippen molar-refractivity contribution < 1.29 is 23.2 Å². The van der Waals surface area contributed by atoms with Gasteiger partial charge in [0.15, 0.2) is 0 Å². The van der Waals surface area contributed by atoms with Crippen LogP contribution in [0.2, 0.25) is 0 Å².